The first kappa shape index (κ1) is 27.9. The van der Waals surface area contributed by atoms with Gasteiger partial charge >= 0.3 is 0 Å². The van der Waals surface area contributed by atoms with Crippen LogP contribution in [0.15, 0.2) is 140 Å². The molecule has 0 bridgehead atoms. The van der Waals surface area contributed by atoms with Gasteiger partial charge in [-0.25, -0.2) is 10.0 Å². The average Bonchev–Trinajstić information content (AvgIpc) is 3.60. The van der Waals surface area contributed by atoms with E-state index in [-0.39, 0.29) is 5.41 Å². The van der Waals surface area contributed by atoms with Crippen LogP contribution in [-0.4, -0.2) is 16.6 Å². The maximum atomic E-state index is 6.19. The molecule has 0 N–H and O–H groups in total. The van der Waals surface area contributed by atoms with E-state index in [9.17, 15) is 0 Å². The topological polar surface area (TPSA) is 36.8 Å². The molecule has 1 aliphatic heterocycles. The maximum Gasteiger partial charge on any atom is 0.137 e. The molecular weight excluding hydrogens is 566 g/mol. The molecule has 46 heavy (non-hydrogen) atoms. The van der Waals surface area contributed by atoms with Gasteiger partial charge in [0.15, 0.2) is 0 Å². The summed E-state index contributed by atoms with van der Waals surface area (Å²) in [6.45, 7) is 6.73. The minimum atomic E-state index is 0.00507. The van der Waals surface area contributed by atoms with Crippen molar-refractivity contribution < 1.29 is 4.94 Å². The molecule has 0 saturated heterocycles. The van der Waals surface area contributed by atoms with Crippen LogP contribution in [-0.2, 0) is 10.4 Å². The van der Waals surface area contributed by atoms with Gasteiger partial charge in [-0.1, -0.05) is 81.4 Å². The Kier molecular flexibility index (Phi) is 6.55. The molecule has 0 fully saturated rings. The largest absolute Gasteiger partial charge is 0.310 e. The van der Waals surface area contributed by atoms with E-state index in [1.807, 2.05) is 30.4 Å². The fourth-order valence-electron chi connectivity index (χ4n) is 6.43. The highest BCUT2D eigenvalue weighted by Gasteiger charge is 2.27. The molecule has 7 aromatic rings. The monoisotopic (exact) mass is 601 g/mol. The molecule has 0 radical (unpaired) electrons. The second-order valence-corrected chi connectivity index (χ2v) is 12.8. The molecule has 8 rings (SSSR count). The maximum absolute atomic E-state index is 6.19. The summed E-state index contributed by atoms with van der Waals surface area (Å²) in [6.07, 6.45) is 1.93. The number of hydroxylamine groups is 1. The smallest absolute Gasteiger partial charge is 0.137 e. The predicted molar refractivity (Wildman–Crippen MR) is 190 cm³/mol. The Labute approximate surface area is 269 Å². The number of fused-ring (bicyclic) bond motifs is 4. The van der Waals surface area contributed by atoms with Gasteiger partial charge in [0.1, 0.15) is 5.82 Å². The van der Waals surface area contributed by atoms with E-state index in [0.717, 1.165) is 51.0 Å². The van der Waals surface area contributed by atoms with Gasteiger partial charge in [-0.3, -0.25) is 4.57 Å². The van der Waals surface area contributed by atoms with E-state index < -0.39 is 0 Å². The number of nitrogens with zero attached hydrogens (tertiary/aromatic N) is 5. The van der Waals surface area contributed by atoms with Crippen molar-refractivity contribution in [2.24, 2.45) is 0 Å². The van der Waals surface area contributed by atoms with Crippen molar-refractivity contribution in [2.45, 2.75) is 26.2 Å². The number of rotatable bonds is 5. The third-order valence-corrected chi connectivity index (χ3v) is 8.74. The summed E-state index contributed by atoms with van der Waals surface area (Å²) in [5.41, 5.74) is 9.59. The highest BCUT2D eigenvalue weighted by Crippen LogP contribution is 2.44. The fourth-order valence-corrected chi connectivity index (χ4v) is 6.43. The number of hydrogen-bond donors (Lipinski definition) is 0. The number of pyridine rings is 1. The Hall–Kier alpha value is -5.59. The van der Waals surface area contributed by atoms with Crippen molar-refractivity contribution >= 4 is 55.9 Å². The van der Waals surface area contributed by atoms with Gasteiger partial charge in [0.2, 0.25) is 0 Å². The minimum Gasteiger partial charge on any atom is -0.310 e. The molecule has 3 heterocycles. The van der Waals surface area contributed by atoms with Gasteiger partial charge in [-0.05, 0) is 83.8 Å². The summed E-state index contributed by atoms with van der Waals surface area (Å²) >= 11 is 0. The Morgan fingerprint density at radius 2 is 1.30 bits per heavy atom. The molecule has 1 aliphatic rings. The van der Waals surface area contributed by atoms with Crippen LogP contribution >= 0.6 is 0 Å². The van der Waals surface area contributed by atoms with E-state index in [1.165, 1.54) is 16.3 Å². The van der Waals surface area contributed by atoms with Crippen LogP contribution in [0.2, 0.25) is 0 Å². The van der Waals surface area contributed by atoms with E-state index in [0.29, 0.717) is 0 Å². The summed E-state index contributed by atoms with van der Waals surface area (Å²) in [5, 5.41) is 6.08. The van der Waals surface area contributed by atoms with E-state index in [2.05, 4.69) is 152 Å². The Morgan fingerprint density at radius 1 is 0.609 bits per heavy atom. The molecule has 226 valence electrons. The second-order valence-electron chi connectivity index (χ2n) is 12.8. The summed E-state index contributed by atoms with van der Waals surface area (Å²) in [6, 6.07) is 46.9. The lowest BCUT2D eigenvalue weighted by Crippen LogP contribution is -2.21. The van der Waals surface area contributed by atoms with Crippen LogP contribution in [0, 0.1) is 0 Å². The molecule has 6 heteroatoms. The molecule has 2 aromatic heterocycles. The number of benzene rings is 5. The first-order valence-electron chi connectivity index (χ1n) is 15.6. The van der Waals surface area contributed by atoms with Crippen molar-refractivity contribution in [3.05, 3.63) is 145 Å². The third kappa shape index (κ3) is 4.66. The highest BCUT2D eigenvalue weighted by molar-refractivity contribution is 6.10. The quantitative estimate of drug-likeness (QED) is 0.196. The number of aromatic nitrogens is 2. The number of anilines is 6. The summed E-state index contributed by atoms with van der Waals surface area (Å²) in [4.78, 5) is 13.4. The fraction of sp³-hybridized carbons (Fsp3) is 0.125. The van der Waals surface area contributed by atoms with Crippen LogP contribution < -0.4 is 15.0 Å². The number of para-hydroxylation sites is 4. The molecule has 5 aromatic carbocycles. The molecule has 0 spiro atoms. The van der Waals surface area contributed by atoms with Gasteiger partial charge in [0.05, 0.1) is 28.1 Å². The molecule has 0 aliphatic carbocycles. The van der Waals surface area contributed by atoms with Crippen molar-refractivity contribution in [1.82, 2.24) is 9.55 Å². The van der Waals surface area contributed by atoms with Gasteiger partial charge in [-0.2, -0.15) is 5.06 Å². The van der Waals surface area contributed by atoms with Gasteiger partial charge in [0.25, 0.3) is 0 Å². The third-order valence-electron chi connectivity index (χ3n) is 8.74. The van der Waals surface area contributed by atoms with Gasteiger partial charge in [-0.15, -0.1) is 4.94 Å². The molecule has 0 saturated carbocycles. The lowest BCUT2D eigenvalue weighted by molar-refractivity contribution is 0.142. The van der Waals surface area contributed by atoms with E-state index >= 15 is 0 Å². The predicted octanol–water partition coefficient (Wildman–Crippen LogP) is 10.4. The Balaban J connectivity index is 1.32. The van der Waals surface area contributed by atoms with Crippen molar-refractivity contribution in [1.29, 1.82) is 0 Å². The van der Waals surface area contributed by atoms with Crippen LogP contribution in [0.4, 0.5) is 34.1 Å². The van der Waals surface area contributed by atoms with Crippen molar-refractivity contribution in [3.8, 4) is 5.82 Å². The first-order chi connectivity index (χ1) is 22.4. The molecule has 0 unspecified atom stereocenters. The van der Waals surface area contributed by atoms with Crippen molar-refractivity contribution in [2.75, 3.05) is 22.1 Å². The molecule has 6 nitrogen and oxygen atoms in total. The summed E-state index contributed by atoms with van der Waals surface area (Å²) in [5.74, 6) is 0.915. The van der Waals surface area contributed by atoms with E-state index in [4.69, 9.17) is 9.92 Å². The normalized spacial score (nSPS) is 13.0. The van der Waals surface area contributed by atoms with Gasteiger partial charge in [0, 0.05) is 41.1 Å². The first-order valence-corrected chi connectivity index (χ1v) is 15.6. The molecule has 0 atom stereocenters. The second kappa shape index (κ2) is 10.8. The van der Waals surface area contributed by atoms with Crippen LogP contribution in [0.3, 0.4) is 0 Å². The zero-order valence-corrected chi connectivity index (χ0v) is 26.4. The lowest BCUT2D eigenvalue weighted by atomic mass is 9.88. The van der Waals surface area contributed by atoms with Gasteiger partial charge < -0.3 is 4.90 Å². The summed E-state index contributed by atoms with van der Waals surface area (Å²) < 4.78 is 2.30. The van der Waals surface area contributed by atoms with Crippen LogP contribution in [0.1, 0.15) is 26.3 Å². The number of hydrogen-bond acceptors (Lipinski definition) is 5. The summed E-state index contributed by atoms with van der Waals surface area (Å²) in [7, 11) is 1.93. The SMILES string of the molecule is CN1ON(c2cccc(N(c3ccccc3)c3ccc4c5ccccc5n(-c5cc(C(C)(C)C)ccn5)c4c3)c2)c2ccccc21. The Bertz CT molecular complexity index is 2220. The van der Waals surface area contributed by atoms with E-state index in [1.54, 1.807) is 5.06 Å². The van der Waals surface area contributed by atoms with Crippen LogP contribution in [0.5, 0.6) is 0 Å². The minimum absolute atomic E-state index is 0.00507. The molecule has 0 amide bonds. The average molecular weight is 602 g/mol. The zero-order valence-electron chi connectivity index (χ0n) is 26.4. The van der Waals surface area contributed by atoms with Crippen molar-refractivity contribution in [3.63, 3.8) is 0 Å². The van der Waals surface area contributed by atoms with Crippen LogP contribution in [0.25, 0.3) is 27.6 Å². The zero-order chi connectivity index (χ0) is 31.4. The molecular formula is C40H35N5O. The Morgan fingerprint density at radius 3 is 2.13 bits per heavy atom. The standard InChI is InChI=1S/C40H35N5O/c1-40(2,3)28-23-24-41-39(25-28)44-35-18-9-8-17-33(35)34-22-21-31(27-38(34)44)43(29-13-6-5-7-14-29)30-15-12-16-32(26-30)45-37-20-11-10-19-36(37)42(4)46-45/h5-27H,1-4H3. The lowest BCUT2D eigenvalue weighted by Gasteiger charge is -2.27. The highest BCUT2D eigenvalue weighted by atomic mass is 16.8.